The number of nitrogens with one attached hydrogen (secondary N) is 1. The van der Waals surface area contributed by atoms with Gasteiger partial charge in [0.25, 0.3) is 5.91 Å². The Morgan fingerprint density at radius 2 is 2.38 bits per heavy atom. The van der Waals surface area contributed by atoms with E-state index in [9.17, 15) is 4.79 Å². The second-order valence-corrected chi connectivity index (χ2v) is 3.40. The molecule has 0 spiro atoms. The van der Waals surface area contributed by atoms with Crippen LogP contribution in [0.15, 0.2) is 18.2 Å². The largest absolute Gasteiger partial charge is 0.350 e. The van der Waals surface area contributed by atoms with Crippen LogP contribution in [0.2, 0.25) is 0 Å². The zero-order valence-electron chi connectivity index (χ0n) is 7.38. The topological polar surface area (TPSA) is 42.0 Å². The molecule has 3 nitrogen and oxygen atoms in total. The lowest BCUT2D eigenvalue weighted by Gasteiger charge is -2.02. The van der Waals surface area contributed by atoms with Crippen molar-refractivity contribution in [2.24, 2.45) is 0 Å². The Hall–Kier alpha value is -0.900. The number of nitrogens with zero attached hydrogens (tertiary/aromatic N) is 1. The summed E-state index contributed by atoms with van der Waals surface area (Å²) in [6.07, 6.45) is 0. The van der Waals surface area contributed by atoms with Gasteiger partial charge in [-0.2, -0.15) is 0 Å². The molecule has 1 aromatic rings. The average Bonchev–Trinajstić information content (AvgIpc) is 2.14. The fraction of sp³-hybridized carbons (Fsp3) is 0.333. The van der Waals surface area contributed by atoms with Gasteiger partial charge in [-0.1, -0.05) is 22.0 Å². The maximum Gasteiger partial charge on any atom is 0.269 e. The summed E-state index contributed by atoms with van der Waals surface area (Å²) in [7, 11) is 0. The molecule has 1 rings (SSSR count). The molecule has 1 N–H and O–H groups in total. The minimum atomic E-state index is -0.122. The number of aryl methyl sites for hydroxylation is 1. The quantitative estimate of drug-likeness (QED) is 0.817. The predicted molar refractivity (Wildman–Crippen MR) is 55.1 cm³/mol. The van der Waals surface area contributed by atoms with Gasteiger partial charge in [-0.05, 0) is 19.1 Å². The first-order chi connectivity index (χ1) is 6.24. The number of carbonyl (C=O) groups is 1. The van der Waals surface area contributed by atoms with Crippen molar-refractivity contribution >= 4 is 21.8 Å². The molecule has 4 heteroatoms. The molecule has 0 aliphatic heterocycles. The van der Waals surface area contributed by atoms with Crippen LogP contribution in [0.1, 0.15) is 16.2 Å². The number of halogens is 1. The van der Waals surface area contributed by atoms with Gasteiger partial charge in [0.1, 0.15) is 5.69 Å². The van der Waals surface area contributed by atoms with Gasteiger partial charge in [0, 0.05) is 17.6 Å². The summed E-state index contributed by atoms with van der Waals surface area (Å²) in [5, 5.41) is 3.48. The summed E-state index contributed by atoms with van der Waals surface area (Å²) in [6.45, 7) is 2.48. The molecule has 0 aliphatic rings. The van der Waals surface area contributed by atoms with Crippen LogP contribution in [-0.2, 0) is 0 Å². The molecule has 0 atom stereocenters. The van der Waals surface area contributed by atoms with Crippen LogP contribution in [0.25, 0.3) is 0 Å². The lowest BCUT2D eigenvalue weighted by molar-refractivity contribution is 0.0951. The second-order valence-electron chi connectivity index (χ2n) is 2.61. The Labute approximate surface area is 85.7 Å². The highest BCUT2D eigenvalue weighted by Gasteiger charge is 2.04. The van der Waals surface area contributed by atoms with Gasteiger partial charge in [-0.3, -0.25) is 4.79 Å². The first-order valence-corrected chi connectivity index (χ1v) is 5.14. The van der Waals surface area contributed by atoms with Crippen LogP contribution in [0.5, 0.6) is 0 Å². The summed E-state index contributed by atoms with van der Waals surface area (Å²) in [5.74, 6) is -0.122. The van der Waals surface area contributed by atoms with Gasteiger partial charge in [-0.15, -0.1) is 0 Å². The molecule has 13 heavy (non-hydrogen) atoms. The Morgan fingerprint density at radius 1 is 1.62 bits per heavy atom. The van der Waals surface area contributed by atoms with E-state index in [1.54, 1.807) is 6.07 Å². The molecule has 0 fully saturated rings. The number of alkyl halides is 1. The third-order valence-electron chi connectivity index (χ3n) is 1.50. The van der Waals surface area contributed by atoms with Crippen LogP contribution < -0.4 is 5.32 Å². The molecule has 0 saturated carbocycles. The highest BCUT2D eigenvalue weighted by molar-refractivity contribution is 9.09. The second kappa shape index (κ2) is 4.97. The maximum atomic E-state index is 11.4. The molecule has 1 heterocycles. The van der Waals surface area contributed by atoms with Crippen LogP contribution in [-0.4, -0.2) is 22.8 Å². The molecule has 70 valence electrons. The Balaban J connectivity index is 2.66. The van der Waals surface area contributed by atoms with E-state index in [0.717, 1.165) is 11.0 Å². The van der Waals surface area contributed by atoms with Crippen molar-refractivity contribution in [3.8, 4) is 0 Å². The van der Waals surface area contributed by atoms with E-state index in [0.29, 0.717) is 12.2 Å². The maximum absolute atomic E-state index is 11.4. The number of hydrogen-bond donors (Lipinski definition) is 1. The molecular weight excluding hydrogens is 232 g/mol. The molecule has 0 bridgehead atoms. The molecule has 0 unspecified atom stereocenters. The van der Waals surface area contributed by atoms with Crippen molar-refractivity contribution in [2.75, 3.05) is 11.9 Å². The van der Waals surface area contributed by atoms with Gasteiger partial charge in [0.2, 0.25) is 0 Å². The molecule has 0 saturated heterocycles. The zero-order chi connectivity index (χ0) is 9.68. The van der Waals surface area contributed by atoms with Crippen LogP contribution in [0.3, 0.4) is 0 Å². The van der Waals surface area contributed by atoms with Crippen LogP contribution in [0, 0.1) is 6.92 Å². The molecule has 1 amide bonds. The minimum Gasteiger partial charge on any atom is -0.350 e. The number of aromatic nitrogens is 1. The van der Waals surface area contributed by atoms with Crippen molar-refractivity contribution in [1.82, 2.24) is 10.3 Å². The fourth-order valence-corrected chi connectivity index (χ4v) is 1.12. The number of pyridine rings is 1. The summed E-state index contributed by atoms with van der Waals surface area (Å²) in [5.41, 5.74) is 1.33. The lowest BCUT2D eigenvalue weighted by Crippen LogP contribution is -2.26. The van der Waals surface area contributed by atoms with Crippen LogP contribution >= 0.6 is 15.9 Å². The first-order valence-electron chi connectivity index (χ1n) is 4.02. The third kappa shape index (κ3) is 3.14. The number of amides is 1. The monoisotopic (exact) mass is 242 g/mol. The summed E-state index contributed by atoms with van der Waals surface area (Å²) in [6, 6.07) is 5.39. The standard InChI is InChI=1S/C9H11BrN2O/c1-7-3-2-4-8(12-7)9(13)11-6-5-10/h2-4H,5-6H2,1H3,(H,11,13). The first kappa shape index (κ1) is 10.2. The Morgan fingerprint density at radius 3 is 3.00 bits per heavy atom. The van der Waals surface area contributed by atoms with E-state index in [4.69, 9.17) is 0 Å². The van der Waals surface area contributed by atoms with E-state index in [1.807, 2.05) is 19.1 Å². The lowest BCUT2D eigenvalue weighted by atomic mass is 10.3. The SMILES string of the molecule is Cc1cccc(C(=O)NCCBr)n1. The van der Waals surface area contributed by atoms with E-state index in [-0.39, 0.29) is 5.91 Å². The van der Waals surface area contributed by atoms with E-state index in [1.165, 1.54) is 0 Å². The van der Waals surface area contributed by atoms with E-state index < -0.39 is 0 Å². The zero-order valence-corrected chi connectivity index (χ0v) is 8.97. The predicted octanol–water partition coefficient (Wildman–Crippen LogP) is 1.51. The van der Waals surface area contributed by atoms with Crippen molar-refractivity contribution < 1.29 is 4.79 Å². The number of hydrogen-bond acceptors (Lipinski definition) is 2. The molecule has 0 radical (unpaired) electrons. The summed E-state index contributed by atoms with van der Waals surface area (Å²) in [4.78, 5) is 15.5. The van der Waals surface area contributed by atoms with Gasteiger partial charge in [0.15, 0.2) is 0 Å². The highest BCUT2D eigenvalue weighted by atomic mass is 79.9. The van der Waals surface area contributed by atoms with Crippen molar-refractivity contribution in [1.29, 1.82) is 0 Å². The normalized spacial score (nSPS) is 9.69. The summed E-state index contributed by atoms with van der Waals surface area (Å²) >= 11 is 3.23. The Bertz CT molecular complexity index is 301. The fourth-order valence-electron chi connectivity index (χ4n) is 0.921. The molecular formula is C9H11BrN2O. The minimum absolute atomic E-state index is 0.122. The molecule has 1 aromatic heterocycles. The molecule has 0 aromatic carbocycles. The van der Waals surface area contributed by atoms with E-state index in [2.05, 4.69) is 26.2 Å². The van der Waals surface area contributed by atoms with Crippen molar-refractivity contribution in [2.45, 2.75) is 6.92 Å². The van der Waals surface area contributed by atoms with Crippen molar-refractivity contribution in [3.05, 3.63) is 29.6 Å². The average molecular weight is 243 g/mol. The number of rotatable bonds is 3. The highest BCUT2D eigenvalue weighted by Crippen LogP contribution is 1.97. The van der Waals surface area contributed by atoms with Gasteiger partial charge in [0.05, 0.1) is 0 Å². The summed E-state index contributed by atoms with van der Waals surface area (Å²) < 4.78 is 0. The van der Waals surface area contributed by atoms with Gasteiger partial charge >= 0.3 is 0 Å². The van der Waals surface area contributed by atoms with Crippen molar-refractivity contribution in [3.63, 3.8) is 0 Å². The Kier molecular flexibility index (Phi) is 3.89. The number of carbonyl (C=O) groups excluding carboxylic acids is 1. The van der Waals surface area contributed by atoms with Gasteiger partial charge < -0.3 is 5.32 Å². The van der Waals surface area contributed by atoms with Gasteiger partial charge in [-0.25, -0.2) is 4.98 Å². The third-order valence-corrected chi connectivity index (χ3v) is 1.90. The molecule has 0 aliphatic carbocycles. The smallest absolute Gasteiger partial charge is 0.269 e. The van der Waals surface area contributed by atoms with Crippen LogP contribution in [0.4, 0.5) is 0 Å². The van der Waals surface area contributed by atoms with E-state index >= 15 is 0 Å².